The van der Waals surface area contributed by atoms with E-state index in [2.05, 4.69) is 5.32 Å². The normalized spacial score (nSPS) is 21.5. The number of carboxylic acid groups (broad SMARTS) is 1. The minimum Gasteiger partial charge on any atom is -0.489 e. The number of amides is 1. The Morgan fingerprint density at radius 2 is 2.03 bits per heavy atom. The number of rotatable bonds is 7. The maximum atomic E-state index is 14.4. The first-order valence-corrected chi connectivity index (χ1v) is 9.88. The van der Waals surface area contributed by atoms with Crippen LogP contribution in [-0.2, 0) is 19.1 Å². The summed E-state index contributed by atoms with van der Waals surface area (Å²) in [5.41, 5.74) is -2.32. The van der Waals surface area contributed by atoms with E-state index >= 15 is 0 Å². The van der Waals surface area contributed by atoms with Crippen LogP contribution in [0.4, 0.5) is 10.1 Å². The van der Waals surface area contributed by atoms with Crippen molar-refractivity contribution >= 4 is 35.1 Å². The van der Waals surface area contributed by atoms with Gasteiger partial charge in [0.2, 0.25) is 5.91 Å². The Morgan fingerprint density at radius 1 is 1.34 bits per heavy atom. The summed E-state index contributed by atoms with van der Waals surface area (Å²) in [6, 6.07) is 2.18. The quantitative estimate of drug-likeness (QED) is 0.501. The van der Waals surface area contributed by atoms with Crippen molar-refractivity contribution in [2.75, 3.05) is 11.9 Å². The Bertz CT molecular complexity index is 799. The molecule has 0 bridgehead atoms. The van der Waals surface area contributed by atoms with Gasteiger partial charge in [0, 0.05) is 6.07 Å². The number of hydrogen-bond donors (Lipinski definition) is 2. The van der Waals surface area contributed by atoms with Gasteiger partial charge in [-0.05, 0) is 39.7 Å². The van der Waals surface area contributed by atoms with Crippen LogP contribution in [0.15, 0.2) is 12.1 Å². The zero-order valence-electron chi connectivity index (χ0n) is 16.6. The van der Waals surface area contributed by atoms with Gasteiger partial charge < -0.3 is 19.9 Å². The molecule has 0 spiro atoms. The summed E-state index contributed by atoms with van der Waals surface area (Å²) in [4.78, 5) is 37.6. The lowest BCUT2D eigenvalue weighted by atomic mass is 9.65. The number of carbonyl (C=O) groups is 3. The maximum Gasteiger partial charge on any atom is 0.320 e. The molecule has 2 atom stereocenters. The fraction of sp³-hybridized carbons (Fsp3) is 0.550. The van der Waals surface area contributed by atoms with Crippen LogP contribution in [-0.4, -0.2) is 35.7 Å². The molecular formula is C20H25ClFNO6. The molecule has 2 rings (SSSR count). The van der Waals surface area contributed by atoms with Gasteiger partial charge in [-0.1, -0.05) is 24.4 Å². The highest BCUT2D eigenvalue weighted by Gasteiger charge is 2.57. The first-order valence-electron chi connectivity index (χ1n) is 9.50. The lowest BCUT2D eigenvalue weighted by Gasteiger charge is -2.37. The molecule has 0 aliphatic heterocycles. The average molecular weight is 430 g/mol. The lowest BCUT2D eigenvalue weighted by Crippen LogP contribution is -2.53. The molecule has 0 radical (unpaired) electrons. The molecule has 1 aliphatic carbocycles. The summed E-state index contributed by atoms with van der Waals surface area (Å²) in [6.07, 6.45) is 0.929. The van der Waals surface area contributed by atoms with Crippen molar-refractivity contribution in [3.63, 3.8) is 0 Å². The molecule has 2 unspecified atom stereocenters. The minimum atomic E-state index is -2.05. The zero-order chi connectivity index (χ0) is 21.8. The van der Waals surface area contributed by atoms with Crippen LogP contribution in [0.3, 0.4) is 0 Å². The smallest absolute Gasteiger partial charge is 0.320 e. The first-order chi connectivity index (χ1) is 13.6. The van der Waals surface area contributed by atoms with Crippen molar-refractivity contribution < 1.29 is 33.4 Å². The molecule has 1 saturated carbocycles. The van der Waals surface area contributed by atoms with Crippen molar-refractivity contribution in [1.82, 2.24) is 0 Å². The monoisotopic (exact) mass is 429 g/mol. The largest absolute Gasteiger partial charge is 0.489 e. The number of esters is 1. The van der Waals surface area contributed by atoms with Gasteiger partial charge in [-0.2, -0.15) is 0 Å². The van der Waals surface area contributed by atoms with E-state index < -0.39 is 35.0 Å². The fourth-order valence-corrected chi connectivity index (χ4v) is 3.76. The van der Waals surface area contributed by atoms with Gasteiger partial charge in [-0.3, -0.25) is 14.4 Å². The molecule has 1 fully saturated rings. The van der Waals surface area contributed by atoms with Crippen LogP contribution in [0.1, 0.15) is 46.5 Å². The Kier molecular flexibility index (Phi) is 7.46. The highest BCUT2D eigenvalue weighted by Crippen LogP contribution is 2.44. The number of nitrogens with one attached hydrogen (secondary N) is 1. The van der Waals surface area contributed by atoms with E-state index in [-0.39, 0.29) is 42.0 Å². The summed E-state index contributed by atoms with van der Waals surface area (Å²) in [6.45, 7) is 5.17. The molecule has 29 heavy (non-hydrogen) atoms. The molecule has 0 saturated heterocycles. The highest BCUT2D eigenvalue weighted by molar-refractivity contribution is 6.32. The average Bonchev–Trinajstić information content (AvgIpc) is 2.65. The molecule has 1 aliphatic rings. The van der Waals surface area contributed by atoms with Gasteiger partial charge >= 0.3 is 11.9 Å². The standard InChI is InChI=1S/C20H25ClFNO6/c1-4-28-17(24)12-7-5-6-8-20(12,19(26)27)18(25)23-15-10-16(29-11(2)3)13(21)9-14(15)22/h9-12H,4-8H2,1-3H3,(H,23,25)(H,26,27). The summed E-state index contributed by atoms with van der Waals surface area (Å²) in [7, 11) is 0. The Balaban J connectivity index is 2.41. The number of anilines is 1. The van der Waals surface area contributed by atoms with E-state index in [1.165, 1.54) is 6.07 Å². The van der Waals surface area contributed by atoms with E-state index in [1.54, 1.807) is 20.8 Å². The van der Waals surface area contributed by atoms with Gasteiger partial charge in [0.25, 0.3) is 0 Å². The van der Waals surface area contributed by atoms with Crippen molar-refractivity contribution in [1.29, 1.82) is 0 Å². The Hall–Kier alpha value is -2.35. The summed E-state index contributed by atoms with van der Waals surface area (Å²) in [5.74, 6) is -5.02. The number of aliphatic carboxylic acids is 1. The van der Waals surface area contributed by atoms with Crippen LogP contribution in [0.2, 0.25) is 5.02 Å². The third kappa shape index (κ3) is 4.80. The van der Waals surface area contributed by atoms with E-state index in [0.717, 1.165) is 6.07 Å². The van der Waals surface area contributed by atoms with Gasteiger partial charge in [-0.25, -0.2) is 4.39 Å². The first kappa shape index (κ1) is 22.9. The Morgan fingerprint density at radius 3 is 2.62 bits per heavy atom. The number of halogens is 2. The van der Waals surface area contributed by atoms with Gasteiger partial charge in [0.15, 0.2) is 5.41 Å². The molecule has 9 heteroatoms. The van der Waals surface area contributed by atoms with Crippen molar-refractivity contribution in [3.05, 3.63) is 23.0 Å². The van der Waals surface area contributed by atoms with Crippen LogP contribution >= 0.6 is 11.6 Å². The van der Waals surface area contributed by atoms with Crippen LogP contribution in [0.25, 0.3) is 0 Å². The zero-order valence-corrected chi connectivity index (χ0v) is 17.3. The molecule has 0 aromatic heterocycles. The predicted octanol–water partition coefficient (Wildman–Crippen LogP) is 4.03. The number of hydrogen-bond acceptors (Lipinski definition) is 5. The second-order valence-corrected chi connectivity index (χ2v) is 7.62. The number of carboxylic acids is 1. The predicted molar refractivity (Wildman–Crippen MR) is 104 cm³/mol. The second kappa shape index (κ2) is 9.43. The van der Waals surface area contributed by atoms with Crippen LogP contribution in [0.5, 0.6) is 5.75 Å². The second-order valence-electron chi connectivity index (χ2n) is 7.21. The number of carbonyl (C=O) groups excluding carboxylic acids is 2. The summed E-state index contributed by atoms with van der Waals surface area (Å²) in [5, 5.41) is 12.3. The van der Waals surface area contributed by atoms with E-state index in [9.17, 15) is 23.9 Å². The number of benzene rings is 1. The van der Waals surface area contributed by atoms with E-state index in [0.29, 0.717) is 12.8 Å². The summed E-state index contributed by atoms with van der Waals surface area (Å²) >= 11 is 5.98. The van der Waals surface area contributed by atoms with Gasteiger partial charge in [-0.15, -0.1) is 0 Å². The third-order valence-corrected chi connectivity index (χ3v) is 5.19. The SMILES string of the molecule is CCOC(=O)C1CCCCC1(C(=O)O)C(=O)Nc1cc(OC(C)C)c(Cl)cc1F. The third-order valence-electron chi connectivity index (χ3n) is 4.90. The number of ether oxygens (including phenoxy) is 2. The van der Waals surface area contributed by atoms with Crippen LogP contribution < -0.4 is 10.1 Å². The van der Waals surface area contributed by atoms with Crippen LogP contribution in [0, 0.1) is 17.2 Å². The fourth-order valence-electron chi connectivity index (χ4n) is 3.56. The van der Waals surface area contributed by atoms with Crippen molar-refractivity contribution in [3.8, 4) is 5.75 Å². The molecule has 2 N–H and O–H groups in total. The topological polar surface area (TPSA) is 102 Å². The van der Waals surface area contributed by atoms with Gasteiger partial charge in [0.05, 0.1) is 29.3 Å². The van der Waals surface area contributed by atoms with Crippen molar-refractivity contribution in [2.45, 2.75) is 52.6 Å². The summed E-state index contributed by atoms with van der Waals surface area (Å²) < 4.78 is 24.9. The van der Waals surface area contributed by atoms with Gasteiger partial charge in [0.1, 0.15) is 11.6 Å². The minimum absolute atomic E-state index is 0.0178. The molecule has 1 aromatic rings. The lowest BCUT2D eigenvalue weighted by molar-refractivity contribution is -0.172. The molecule has 0 heterocycles. The molecule has 1 aromatic carbocycles. The maximum absolute atomic E-state index is 14.4. The van der Waals surface area contributed by atoms with E-state index in [4.69, 9.17) is 21.1 Å². The molecule has 7 nitrogen and oxygen atoms in total. The molecule has 160 valence electrons. The molecular weight excluding hydrogens is 405 g/mol. The molecule has 1 amide bonds. The van der Waals surface area contributed by atoms with Crippen molar-refractivity contribution in [2.24, 2.45) is 11.3 Å². The van der Waals surface area contributed by atoms with E-state index in [1.807, 2.05) is 0 Å². The highest BCUT2D eigenvalue weighted by atomic mass is 35.5. The Labute approximate surface area is 173 Å².